The first kappa shape index (κ1) is 26.1. The van der Waals surface area contributed by atoms with Crippen LogP contribution < -0.4 is 10.1 Å². The van der Waals surface area contributed by atoms with Gasteiger partial charge in [-0.1, -0.05) is 25.1 Å². The third-order valence-electron chi connectivity index (χ3n) is 6.16. The predicted octanol–water partition coefficient (Wildman–Crippen LogP) is 3.99. The van der Waals surface area contributed by atoms with Crippen molar-refractivity contribution in [3.63, 3.8) is 0 Å². The Kier molecular flexibility index (Phi) is 9.08. The zero-order valence-electron chi connectivity index (χ0n) is 21.4. The minimum Gasteiger partial charge on any atom is -0.493 e. The normalized spacial score (nSPS) is 14.2. The van der Waals surface area contributed by atoms with E-state index in [2.05, 4.69) is 23.2 Å². The van der Waals surface area contributed by atoms with Gasteiger partial charge in [0.25, 0.3) is 5.91 Å². The molecule has 1 aromatic heterocycles. The van der Waals surface area contributed by atoms with Gasteiger partial charge in [0, 0.05) is 43.5 Å². The number of carbonyl (C=O) groups is 1. The third kappa shape index (κ3) is 6.85. The lowest BCUT2D eigenvalue weighted by Gasteiger charge is -2.26. The molecule has 0 aliphatic carbocycles. The monoisotopic (exact) mass is 499 g/mol. The van der Waals surface area contributed by atoms with Crippen molar-refractivity contribution in [2.24, 2.45) is 0 Å². The fourth-order valence-electron chi connectivity index (χ4n) is 4.15. The van der Waals surface area contributed by atoms with Crippen molar-refractivity contribution in [3.05, 3.63) is 71.4 Å². The second-order valence-electron chi connectivity index (χ2n) is 8.92. The molecule has 0 bridgehead atoms. The Labute approximate surface area is 218 Å². The van der Waals surface area contributed by atoms with Crippen LogP contribution in [0.15, 0.2) is 60.3 Å². The van der Waals surface area contributed by atoms with Gasteiger partial charge >= 0.3 is 0 Å². The number of hydrogen-bond acceptors (Lipinski definition) is 6. The standard InChI is InChI=1S/C29H33N5O3/c1-3-15-37-27-10-9-23(18-22(27)2)28-25(21-34(32-28)26-7-5-4-6-8-26)19-24(20-30)29(35)31-11-12-33-13-16-36-17-14-33/h4-10,18-19,21H,3,11-17H2,1-2H3,(H,31,35)/b24-19-. The Morgan fingerprint density at radius 2 is 2.00 bits per heavy atom. The van der Waals surface area contributed by atoms with Gasteiger partial charge in [-0.15, -0.1) is 0 Å². The molecule has 0 unspecified atom stereocenters. The van der Waals surface area contributed by atoms with E-state index in [0.717, 1.165) is 48.6 Å². The molecule has 3 aromatic rings. The highest BCUT2D eigenvalue weighted by atomic mass is 16.5. The third-order valence-corrected chi connectivity index (χ3v) is 6.16. The number of para-hydroxylation sites is 1. The molecule has 192 valence electrons. The summed E-state index contributed by atoms with van der Waals surface area (Å²) in [5, 5.41) is 17.5. The van der Waals surface area contributed by atoms with Crippen molar-refractivity contribution in [1.29, 1.82) is 5.26 Å². The Balaban J connectivity index is 1.61. The van der Waals surface area contributed by atoms with Crippen molar-refractivity contribution in [2.45, 2.75) is 20.3 Å². The molecule has 1 saturated heterocycles. The second kappa shape index (κ2) is 12.9. The van der Waals surface area contributed by atoms with Gasteiger partial charge < -0.3 is 14.8 Å². The molecule has 0 spiro atoms. The molecule has 2 heterocycles. The van der Waals surface area contributed by atoms with Crippen LogP contribution in [0.4, 0.5) is 0 Å². The van der Waals surface area contributed by atoms with Gasteiger partial charge in [0.15, 0.2) is 0 Å². The molecule has 0 atom stereocenters. The summed E-state index contributed by atoms with van der Waals surface area (Å²) in [5.41, 5.74) is 4.17. The highest BCUT2D eigenvalue weighted by Gasteiger charge is 2.17. The predicted molar refractivity (Wildman–Crippen MR) is 143 cm³/mol. The van der Waals surface area contributed by atoms with Gasteiger partial charge in [-0.3, -0.25) is 9.69 Å². The van der Waals surface area contributed by atoms with Crippen molar-refractivity contribution in [2.75, 3.05) is 46.0 Å². The average molecular weight is 500 g/mol. The van der Waals surface area contributed by atoms with Gasteiger partial charge in [0.2, 0.25) is 0 Å². The summed E-state index contributed by atoms with van der Waals surface area (Å²) in [6.07, 6.45) is 4.39. The second-order valence-corrected chi connectivity index (χ2v) is 8.92. The Hall–Kier alpha value is -3.93. The van der Waals surface area contributed by atoms with E-state index < -0.39 is 5.91 Å². The quantitative estimate of drug-likeness (QED) is 0.335. The summed E-state index contributed by atoms with van der Waals surface area (Å²) < 4.78 is 13.0. The first-order valence-electron chi connectivity index (χ1n) is 12.7. The molecule has 1 aliphatic rings. The van der Waals surface area contributed by atoms with Crippen LogP contribution in [0.25, 0.3) is 23.0 Å². The number of hydrogen-bond donors (Lipinski definition) is 1. The van der Waals surface area contributed by atoms with Gasteiger partial charge in [-0.25, -0.2) is 4.68 Å². The number of amides is 1. The van der Waals surface area contributed by atoms with E-state index in [-0.39, 0.29) is 5.57 Å². The van der Waals surface area contributed by atoms with E-state index in [9.17, 15) is 10.1 Å². The van der Waals surface area contributed by atoms with E-state index in [4.69, 9.17) is 14.6 Å². The number of carbonyl (C=O) groups excluding carboxylic acids is 1. The van der Waals surface area contributed by atoms with Crippen LogP contribution in [-0.2, 0) is 9.53 Å². The largest absolute Gasteiger partial charge is 0.493 e. The summed E-state index contributed by atoms with van der Waals surface area (Å²) in [4.78, 5) is 15.1. The lowest BCUT2D eigenvalue weighted by Crippen LogP contribution is -2.41. The van der Waals surface area contributed by atoms with Crippen molar-refractivity contribution in [1.82, 2.24) is 20.0 Å². The maximum absolute atomic E-state index is 12.9. The molecule has 37 heavy (non-hydrogen) atoms. The number of benzene rings is 2. The number of aromatic nitrogens is 2. The van der Waals surface area contributed by atoms with E-state index in [1.54, 1.807) is 10.8 Å². The number of nitrogens with one attached hydrogen (secondary N) is 1. The highest BCUT2D eigenvalue weighted by Crippen LogP contribution is 2.30. The van der Waals surface area contributed by atoms with Crippen LogP contribution in [-0.4, -0.2) is 66.6 Å². The zero-order chi connectivity index (χ0) is 26.0. The van der Waals surface area contributed by atoms with Crippen LogP contribution in [0, 0.1) is 18.3 Å². The van der Waals surface area contributed by atoms with Crippen molar-refractivity contribution in [3.8, 4) is 28.8 Å². The van der Waals surface area contributed by atoms with E-state index in [1.165, 1.54) is 0 Å². The topological polar surface area (TPSA) is 92.4 Å². The van der Waals surface area contributed by atoms with E-state index in [0.29, 0.717) is 37.6 Å². The summed E-state index contributed by atoms with van der Waals surface area (Å²) >= 11 is 0. The molecule has 8 heteroatoms. The highest BCUT2D eigenvalue weighted by molar-refractivity contribution is 6.02. The molecular weight excluding hydrogens is 466 g/mol. The minimum atomic E-state index is -0.395. The molecule has 1 aliphatic heterocycles. The molecule has 4 rings (SSSR count). The smallest absolute Gasteiger partial charge is 0.262 e. The Bertz CT molecular complexity index is 1270. The van der Waals surface area contributed by atoms with E-state index >= 15 is 0 Å². The van der Waals surface area contributed by atoms with Crippen molar-refractivity contribution < 1.29 is 14.3 Å². The average Bonchev–Trinajstić information content (AvgIpc) is 3.36. The lowest BCUT2D eigenvalue weighted by molar-refractivity contribution is -0.117. The number of ether oxygens (including phenoxy) is 2. The van der Waals surface area contributed by atoms with Crippen LogP contribution >= 0.6 is 0 Å². The number of nitrogens with zero attached hydrogens (tertiary/aromatic N) is 4. The first-order valence-corrected chi connectivity index (χ1v) is 12.7. The molecule has 2 aromatic carbocycles. The number of rotatable bonds is 10. The van der Waals surface area contributed by atoms with Gasteiger partial charge in [-0.2, -0.15) is 10.4 Å². The van der Waals surface area contributed by atoms with Crippen LogP contribution in [0.5, 0.6) is 5.75 Å². The van der Waals surface area contributed by atoms with Crippen molar-refractivity contribution >= 4 is 12.0 Å². The first-order chi connectivity index (χ1) is 18.1. The maximum Gasteiger partial charge on any atom is 0.262 e. The minimum absolute atomic E-state index is 0.0375. The Morgan fingerprint density at radius 3 is 2.70 bits per heavy atom. The number of aryl methyl sites for hydroxylation is 1. The zero-order valence-corrected chi connectivity index (χ0v) is 21.4. The molecule has 0 radical (unpaired) electrons. The van der Waals surface area contributed by atoms with Crippen LogP contribution in [0.3, 0.4) is 0 Å². The SMILES string of the molecule is CCCOc1ccc(-c2nn(-c3ccccc3)cc2/C=C(/C#N)C(=O)NCCN2CCOCC2)cc1C. The summed E-state index contributed by atoms with van der Waals surface area (Å²) in [6, 6.07) is 17.7. The number of morpholine rings is 1. The van der Waals surface area contributed by atoms with Gasteiger partial charge in [0.1, 0.15) is 23.1 Å². The molecule has 1 N–H and O–H groups in total. The van der Waals surface area contributed by atoms with Gasteiger partial charge in [-0.05, 0) is 55.3 Å². The summed E-state index contributed by atoms with van der Waals surface area (Å²) in [7, 11) is 0. The molecule has 1 amide bonds. The number of nitriles is 1. The van der Waals surface area contributed by atoms with E-state index in [1.807, 2.05) is 61.7 Å². The van der Waals surface area contributed by atoms with Gasteiger partial charge in [0.05, 0.1) is 25.5 Å². The summed E-state index contributed by atoms with van der Waals surface area (Å²) in [6.45, 7) is 9.02. The summed E-state index contributed by atoms with van der Waals surface area (Å²) in [5.74, 6) is 0.441. The molecule has 8 nitrogen and oxygen atoms in total. The fraction of sp³-hybridized carbons (Fsp3) is 0.345. The van der Waals surface area contributed by atoms with Crippen LogP contribution in [0.1, 0.15) is 24.5 Å². The maximum atomic E-state index is 12.9. The molecule has 0 saturated carbocycles. The lowest BCUT2D eigenvalue weighted by atomic mass is 10.0. The molecule has 1 fully saturated rings. The Morgan fingerprint density at radius 1 is 1.22 bits per heavy atom. The fourth-order valence-corrected chi connectivity index (χ4v) is 4.15. The molecular formula is C29H33N5O3. The van der Waals surface area contributed by atoms with Crippen LogP contribution in [0.2, 0.25) is 0 Å².